The van der Waals surface area contributed by atoms with Crippen LogP contribution in [0.25, 0.3) is 0 Å². The van der Waals surface area contributed by atoms with Crippen molar-refractivity contribution in [3.05, 3.63) is 0 Å². The van der Waals surface area contributed by atoms with E-state index in [-0.39, 0.29) is 17.4 Å². The van der Waals surface area contributed by atoms with Gasteiger partial charge in [-0.3, -0.25) is 9.69 Å². The van der Waals surface area contributed by atoms with Crippen molar-refractivity contribution >= 4 is 5.91 Å². The Hall–Kier alpha value is -0.610. The second-order valence-corrected chi connectivity index (χ2v) is 5.60. The summed E-state index contributed by atoms with van der Waals surface area (Å²) < 4.78 is 0. The van der Waals surface area contributed by atoms with Gasteiger partial charge in [-0.25, -0.2) is 0 Å². The molecule has 0 bridgehead atoms. The molecular formula is C13H29N3O. The number of amides is 1. The fourth-order valence-electron chi connectivity index (χ4n) is 2.19. The maximum Gasteiger partial charge on any atom is 0.236 e. The lowest BCUT2D eigenvalue weighted by Gasteiger charge is -2.37. The molecule has 4 nitrogen and oxygen atoms in total. The number of carbonyl (C=O) groups is 1. The molecule has 4 heteroatoms. The van der Waals surface area contributed by atoms with Crippen molar-refractivity contribution < 1.29 is 4.79 Å². The van der Waals surface area contributed by atoms with Crippen LogP contribution < -0.4 is 5.73 Å². The van der Waals surface area contributed by atoms with E-state index in [9.17, 15) is 4.79 Å². The van der Waals surface area contributed by atoms with Crippen molar-refractivity contribution in [1.82, 2.24) is 9.80 Å². The van der Waals surface area contributed by atoms with E-state index in [0.29, 0.717) is 13.1 Å². The van der Waals surface area contributed by atoms with Gasteiger partial charge in [-0.05, 0) is 26.3 Å². The lowest BCUT2D eigenvalue weighted by atomic mass is 9.86. The van der Waals surface area contributed by atoms with Crippen LogP contribution in [0.1, 0.15) is 34.6 Å². The summed E-state index contributed by atoms with van der Waals surface area (Å²) >= 11 is 0. The molecule has 1 atom stereocenters. The van der Waals surface area contributed by atoms with Crippen LogP contribution in [0.15, 0.2) is 0 Å². The van der Waals surface area contributed by atoms with Gasteiger partial charge in [0.2, 0.25) is 5.91 Å². The Labute approximate surface area is 106 Å². The first-order chi connectivity index (χ1) is 7.77. The molecule has 0 aliphatic rings. The van der Waals surface area contributed by atoms with Gasteiger partial charge < -0.3 is 10.6 Å². The standard InChI is InChI=1S/C13H29N3O/c1-7-16(8-2)12(17)10-15(6)11(9-14)13(3,4)5/h11H,7-10,14H2,1-6H3. The zero-order chi connectivity index (χ0) is 13.6. The van der Waals surface area contributed by atoms with Crippen LogP contribution >= 0.6 is 0 Å². The highest BCUT2D eigenvalue weighted by molar-refractivity contribution is 5.78. The molecular weight excluding hydrogens is 214 g/mol. The maximum atomic E-state index is 12.0. The van der Waals surface area contributed by atoms with Gasteiger partial charge >= 0.3 is 0 Å². The Bertz CT molecular complexity index is 231. The summed E-state index contributed by atoms with van der Waals surface area (Å²) in [6.07, 6.45) is 0. The van der Waals surface area contributed by atoms with Crippen LogP contribution in [0.5, 0.6) is 0 Å². The SMILES string of the molecule is CCN(CC)C(=O)CN(C)C(CN)C(C)(C)C. The molecule has 0 aromatic rings. The third-order valence-corrected chi connectivity index (χ3v) is 3.26. The molecule has 1 amide bonds. The third-order valence-electron chi connectivity index (χ3n) is 3.26. The van der Waals surface area contributed by atoms with Gasteiger partial charge in [0.1, 0.15) is 0 Å². The number of rotatable bonds is 6. The van der Waals surface area contributed by atoms with Crippen molar-refractivity contribution in [2.45, 2.75) is 40.7 Å². The zero-order valence-corrected chi connectivity index (χ0v) is 12.3. The first-order valence-electron chi connectivity index (χ1n) is 6.45. The molecule has 0 saturated carbocycles. The molecule has 0 heterocycles. The molecule has 0 aliphatic carbocycles. The van der Waals surface area contributed by atoms with Crippen LogP contribution in [0.2, 0.25) is 0 Å². The molecule has 0 fully saturated rings. The lowest BCUT2D eigenvalue weighted by Crippen LogP contribution is -2.50. The van der Waals surface area contributed by atoms with Gasteiger partial charge in [-0.1, -0.05) is 20.8 Å². The highest BCUT2D eigenvalue weighted by Crippen LogP contribution is 2.22. The molecule has 2 N–H and O–H groups in total. The molecule has 17 heavy (non-hydrogen) atoms. The molecule has 0 saturated heterocycles. The predicted molar refractivity (Wildman–Crippen MR) is 72.9 cm³/mol. The average Bonchev–Trinajstić information content (AvgIpc) is 2.17. The third kappa shape index (κ3) is 5.04. The van der Waals surface area contributed by atoms with Crippen molar-refractivity contribution in [1.29, 1.82) is 0 Å². The fourth-order valence-corrected chi connectivity index (χ4v) is 2.19. The van der Waals surface area contributed by atoms with Crippen molar-refractivity contribution in [3.63, 3.8) is 0 Å². The summed E-state index contributed by atoms with van der Waals surface area (Å²) in [6.45, 7) is 13.0. The molecule has 0 radical (unpaired) electrons. The van der Waals surface area contributed by atoms with Crippen LogP contribution in [-0.2, 0) is 4.79 Å². The number of hydrogen-bond acceptors (Lipinski definition) is 3. The average molecular weight is 243 g/mol. The molecule has 102 valence electrons. The van der Waals surface area contributed by atoms with Gasteiger partial charge in [0.15, 0.2) is 0 Å². The van der Waals surface area contributed by atoms with Gasteiger partial charge in [-0.2, -0.15) is 0 Å². The van der Waals surface area contributed by atoms with E-state index >= 15 is 0 Å². The second kappa shape index (κ2) is 6.97. The lowest BCUT2D eigenvalue weighted by molar-refractivity contribution is -0.132. The topological polar surface area (TPSA) is 49.6 Å². The summed E-state index contributed by atoms with van der Waals surface area (Å²) in [5.41, 5.74) is 5.90. The largest absolute Gasteiger partial charge is 0.342 e. The van der Waals surface area contributed by atoms with Gasteiger partial charge in [-0.15, -0.1) is 0 Å². The molecule has 1 unspecified atom stereocenters. The van der Waals surface area contributed by atoms with E-state index in [2.05, 4.69) is 25.7 Å². The van der Waals surface area contributed by atoms with Crippen LogP contribution in [0.4, 0.5) is 0 Å². The van der Waals surface area contributed by atoms with Gasteiger partial charge in [0.25, 0.3) is 0 Å². The van der Waals surface area contributed by atoms with Crippen molar-refractivity contribution in [2.75, 3.05) is 33.2 Å². The number of nitrogens with two attached hydrogens (primary N) is 1. The minimum absolute atomic E-state index is 0.0903. The van der Waals surface area contributed by atoms with Crippen LogP contribution in [-0.4, -0.2) is 55.0 Å². The van der Waals surface area contributed by atoms with E-state index in [0.717, 1.165) is 13.1 Å². The van der Waals surface area contributed by atoms with E-state index in [1.54, 1.807) is 0 Å². The number of likely N-dealkylation sites (N-methyl/N-ethyl adjacent to an activating group) is 2. The smallest absolute Gasteiger partial charge is 0.236 e. The molecule has 0 spiro atoms. The Kier molecular flexibility index (Phi) is 6.72. The highest BCUT2D eigenvalue weighted by Gasteiger charge is 2.28. The molecule has 0 aliphatic heterocycles. The number of carbonyl (C=O) groups excluding carboxylic acids is 1. The highest BCUT2D eigenvalue weighted by atomic mass is 16.2. The number of hydrogen-bond donors (Lipinski definition) is 1. The summed E-state index contributed by atoms with van der Waals surface area (Å²) in [4.78, 5) is 15.9. The van der Waals surface area contributed by atoms with E-state index in [1.165, 1.54) is 0 Å². The Morgan fingerprint density at radius 2 is 1.71 bits per heavy atom. The second-order valence-electron chi connectivity index (χ2n) is 5.60. The maximum absolute atomic E-state index is 12.0. The van der Waals surface area contributed by atoms with Crippen LogP contribution in [0.3, 0.4) is 0 Å². The number of nitrogens with zero attached hydrogens (tertiary/aromatic N) is 2. The molecule has 0 rings (SSSR count). The van der Waals surface area contributed by atoms with E-state index < -0.39 is 0 Å². The van der Waals surface area contributed by atoms with Gasteiger partial charge in [0, 0.05) is 25.7 Å². The first kappa shape index (κ1) is 16.4. The van der Waals surface area contributed by atoms with Gasteiger partial charge in [0.05, 0.1) is 6.54 Å². The van der Waals surface area contributed by atoms with Crippen molar-refractivity contribution in [3.8, 4) is 0 Å². The van der Waals surface area contributed by atoms with E-state index in [4.69, 9.17) is 5.73 Å². The fraction of sp³-hybridized carbons (Fsp3) is 0.923. The molecule has 0 aromatic heterocycles. The zero-order valence-electron chi connectivity index (χ0n) is 12.3. The Balaban J connectivity index is 4.51. The predicted octanol–water partition coefficient (Wildman–Crippen LogP) is 1.16. The van der Waals surface area contributed by atoms with E-state index in [1.807, 2.05) is 25.8 Å². The summed E-state index contributed by atoms with van der Waals surface area (Å²) in [5, 5.41) is 0. The Morgan fingerprint density at radius 3 is 2.00 bits per heavy atom. The Morgan fingerprint density at radius 1 is 1.24 bits per heavy atom. The summed E-state index contributed by atoms with van der Waals surface area (Å²) in [6, 6.07) is 0.224. The minimum Gasteiger partial charge on any atom is -0.342 e. The minimum atomic E-state index is 0.0903. The first-order valence-corrected chi connectivity index (χ1v) is 6.45. The summed E-state index contributed by atoms with van der Waals surface area (Å²) in [5.74, 6) is 0.181. The monoisotopic (exact) mass is 243 g/mol. The van der Waals surface area contributed by atoms with Crippen molar-refractivity contribution in [2.24, 2.45) is 11.1 Å². The molecule has 0 aromatic carbocycles. The van der Waals surface area contributed by atoms with Crippen LogP contribution in [0, 0.1) is 5.41 Å². The normalized spacial score (nSPS) is 13.9. The quantitative estimate of drug-likeness (QED) is 0.761. The summed E-state index contributed by atoms with van der Waals surface area (Å²) in [7, 11) is 1.98.